The van der Waals surface area contributed by atoms with Gasteiger partial charge in [0.1, 0.15) is 5.75 Å². The average Bonchev–Trinajstić information content (AvgIpc) is 2.48. The Kier molecular flexibility index (Phi) is 5.59. The molecule has 0 heterocycles. The molecule has 0 spiro atoms. The van der Waals surface area contributed by atoms with Crippen molar-refractivity contribution < 1.29 is 4.74 Å². The summed E-state index contributed by atoms with van der Waals surface area (Å²) in [5, 5.41) is 6.63. The number of methoxy groups -OCH3 is 1. The third kappa shape index (κ3) is 4.08. The van der Waals surface area contributed by atoms with Crippen molar-refractivity contribution in [2.75, 3.05) is 14.2 Å². The second kappa shape index (κ2) is 7.68. The predicted molar refractivity (Wildman–Crippen MR) is 82.7 cm³/mol. The maximum Gasteiger partial charge on any atom is 0.123 e. The summed E-state index contributed by atoms with van der Waals surface area (Å²) in [4.78, 5) is 0. The molecule has 0 aliphatic rings. The number of para-hydroxylation sites is 1. The lowest BCUT2D eigenvalue weighted by atomic mass is 10.1. The van der Waals surface area contributed by atoms with Crippen molar-refractivity contribution in [1.29, 1.82) is 0 Å². The van der Waals surface area contributed by atoms with E-state index in [0.717, 1.165) is 25.4 Å². The summed E-state index contributed by atoms with van der Waals surface area (Å²) in [5.41, 5.74) is 3.79. The summed E-state index contributed by atoms with van der Waals surface area (Å²) in [6.45, 7) is 2.57. The van der Waals surface area contributed by atoms with Gasteiger partial charge >= 0.3 is 0 Å². The van der Waals surface area contributed by atoms with Crippen LogP contribution in [-0.4, -0.2) is 14.2 Å². The molecule has 0 aliphatic carbocycles. The van der Waals surface area contributed by atoms with E-state index in [4.69, 9.17) is 4.74 Å². The molecule has 3 heteroatoms. The van der Waals surface area contributed by atoms with Gasteiger partial charge in [-0.25, -0.2) is 0 Å². The standard InChI is InChI=1S/C17H22N2O/c1-18-11-14-6-5-7-15(10-14)12-19-13-16-8-3-4-9-17(16)20-2/h3-10,18-19H,11-13H2,1-2H3. The minimum Gasteiger partial charge on any atom is -0.496 e. The number of hydrogen-bond acceptors (Lipinski definition) is 3. The van der Waals surface area contributed by atoms with E-state index in [2.05, 4.69) is 41.0 Å². The molecule has 0 saturated heterocycles. The van der Waals surface area contributed by atoms with Crippen LogP contribution < -0.4 is 15.4 Å². The molecule has 2 rings (SSSR count). The summed E-state index contributed by atoms with van der Waals surface area (Å²) < 4.78 is 5.35. The number of benzene rings is 2. The van der Waals surface area contributed by atoms with E-state index in [1.54, 1.807) is 7.11 Å². The average molecular weight is 270 g/mol. The Labute approximate surface area is 121 Å². The summed E-state index contributed by atoms with van der Waals surface area (Å²) >= 11 is 0. The molecule has 106 valence electrons. The zero-order valence-corrected chi connectivity index (χ0v) is 12.1. The van der Waals surface area contributed by atoms with E-state index < -0.39 is 0 Å². The Morgan fingerprint density at radius 2 is 1.65 bits per heavy atom. The lowest BCUT2D eigenvalue weighted by Crippen LogP contribution is -2.14. The van der Waals surface area contributed by atoms with Crippen LogP contribution in [0.1, 0.15) is 16.7 Å². The molecule has 2 aromatic rings. The minimum atomic E-state index is 0.806. The summed E-state index contributed by atoms with van der Waals surface area (Å²) in [5.74, 6) is 0.934. The van der Waals surface area contributed by atoms with E-state index in [9.17, 15) is 0 Å². The Morgan fingerprint density at radius 3 is 2.40 bits per heavy atom. The molecule has 0 aliphatic heterocycles. The second-order valence-electron chi connectivity index (χ2n) is 4.77. The van der Waals surface area contributed by atoms with Crippen LogP contribution >= 0.6 is 0 Å². The van der Waals surface area contributed by atoms with Gasteiger partial charge in [0, 0.05) is 25.2 Å². The van der Waals surface area contributed by atoms with E-state index in [1.807, 2.05) is 25.2 Å². The van der Waals surface area contributed by atoms with Gasteiger partial charge < -0.3 is 15.4 Å². The Bertz CT molecular complexity index is 540. The monoisotopic (exact) mass is 270 g/mol. The number of hydrogen-bond donors (Lipinski definition) is 2. The Morgan fingerprint density at radius 1 is 0.900 bits per heavy atom. The molecule has 0 amide bonds. The van der Waals surface area contributed by atoms with Crippen LogP contribution in [0.15, 0.2) is 48.5 Å². The zero-order valence-electron chi connectivity index (χ0n) is 12.1. The zero-order chi connectivity index (χ0) is 14.2. The van der Waals surface area contributed by atoms with Gasteiger partial charge in [0.25, 0.3) is 0 Å². The maximum atomic E-state index is 5.35. The summed E-state index contributed by atoms with van der Waals surface area (Å²) in [6.07, 6.45) is 0. The van der Waals surface area contributed by atoms with Crippen molar-refractivity contribution in [3.63, 3.8) is 0 Å². The largest absolute Gasteiger partial charge is 0.496 e. The highest BCUT2D eigenvalue weighted by atomic mass is 16.5. The van der Waals surface area contributed by atoms with Crippen LogP contribution in [0.25, 0.3) is 0 Å². The van der Waals surface area contributed by atoms with Gasteiger partial charge in [-0.05, 0) is 24.2 Å². The molecule has 3 nitrogen and oxygen atoms in total. The van der Waals surface area contributed by atoms with Gasteiger partial charge in [-0.2, -0.15) is 0 Å². The highest BCUT2D eigenvalue weighted by Gasteiger charge is 2.01. The van der Waals surface area contributed by atoms with Crippen molar-refractivity contribution in [3.8, 4) is 5.75 Å². The number of nitrogens with one attached hydrogen (secondary N) is 2. The Balaban J connectivity index is 1.91. The van der Waals surface area contributed by atoms with Gasteiger partial charge in [0.05, 0.1) is 7.11 Å². The van der Waals surface area contributed by atoms with Gasteiger partial charge in [-0.1, -0.05) is 42.5 Å². The molecule has 0 atom stereocenters. The molecule has 0 fully saturated rings. The van der Waals surface area contributed by atoms with Crippen molar-refractivity contribution in [3.05, 3.63) is 65.2 Å². The van der Waals surface area contributed by atoms with Crippen molar-refractivity contribution in [2.24, 2.45) is 0 Å². The summed E-state index contributed by atoms with van der Waals surface area (Å²) in [7, 11) is 3.67. The highest BCUT2D eigenvalue weighted by molar-refractivity contribution is 5.33. The molecule has 0 unspecified atom stereocenters. The van der Waals surface area contributed by atoms with Crippen molar-refractivity contribution >= 4 is 0 Å². The first-order chi connectivity index (χ1) is 9.83. The predicted octanol–water partition coefficient (Wildman–Crippen LogP) is 2.70. The van der Waals surface area contributed by atoms with Crippen LogP contribution in [0.4, 0.5) is 0 Å². The third-order valence-corrected chi connectivity index (χ3v) is 3.21. The van der Waals surface area contributed by atoms with Crippen molar-refractivity contribution in [2.45, 2.75) is 19.6 Å². The van der Waals surface area contributed by atoms with Gasteiger partial charge in [0.15, 0.2) is 0 Å². The Hall–Kier alpha value is -1.84. The van der Waals surface area contributed by atoms with Crippen LogP contribution in [-0.2, 0) is 19.6 Å². The van der Waals surface area contributed by atoms with E-state index in [-0.39, 0.29) is 0 Å². The SMILES string of the molecule is CNCc1cccc(CNCc2ccccc2OC)c1. The second-order valence-corrected chi connectivity index (χ2v) is 4.77. The maximum absolute atomic E-state index is 5.35. The smallest absolute Gasteiger partial charge is 0.123 e. The van der Waals surface area contributed by atoms with Crippen LogP contribution in [0.5, 0.6) is 5.75 Å². The molecule has 2 aromatic carbocycles. The molecule has 0 aromatic heterocycles. The lowest BCUT2D eigenvalue weighted by Gasteiger charge is -2.10. The normalized spacial score (nSPS) is 10.5. The fraction of sp³-hybridized carbons (Fsp3) is 0.294. The first-order valence-electron chi connectivity index (χ1n) is 6.88. The van der Waals surface area contributed by atoms with E-state index in [0.29, 0.717) is 0 Å². The van der Waals surface area contributed by atoms with Gasteiger partial charge in [-0.3, -0.25) is 0 Å². The minimum absolute atomic E-state index is 0.806. The molecular weight excluding hydrogens is 248 g/mol. The van der Waals surface area contributed by atoms with E-state index >= 15 is 0 Å². The number of rotatable bonds is 7. The van der Waals surface area contributed by atoms with Crippen LogP contribution in [0, 0.1) is 0 Å². The molecule has 0 saturated carbocycles. The molecule has 0 radical (unpaired) electrons. The molecule has 2 N–H and O–H groups in total. The van der Waals surface area contributed by atoms with Gasteiger partial charge in [-0.15, -0.1) is 0 Å². The fourth-order valence-corrected chi connectivity index (χ4v) is 2.24. The van der Waals surface area contributed by atoms with Gasteiger partial charge in [0.2, 0.25) is 0 Å². The van der Waals surface area contributed by atoms with Crippen LogP contribution in [0.3, 0.4) is 0 Å². The quantitative estimate of drug-likeness (QED) is 0.811. The third-order valence-electron chi connectivity index (χ3n) is 3.21. The fourth-order valence-electron chi connectivity index (χ4n) is 2.24. The molecular formula is C17H22N2O. The highest BCUT2D eigenvalue weighted by Crippen LogP contribution is 2.16. The summed E-state index contributed by atoms with van der Waals surface area (Å²) in [6, 6.07) is 16.7. The molecule has 0 bridgehead atoms. The van der Waals surface area contributed by atoms with Crippen molar-refractivity contribution in [1.82, 2.24) is 10.6 Å². The topological polar surface area (TPSA) is 33.3 Å². The first-order valence-corrected chi connectivity index (χ1v) is 6.88. The number of ether oxygens (including phenoxy) is 1. The molecule has 20 heavy (non-hydrogen) atoms. The lowest BCUT2D eigenvalue weighted by molar-refractivity contribution is 0.407. The first kappa shape index (κ1) is 14.6. The van der Waals surface area contributed by atoms with E-state index in [1.165, 1.54) is 16.7 Å². The van der Waals surface area contributed by atoms with Crippen LogP contribution in [0.2, 0.25) is 0 Å².